The third-order valence-electron chi connectivity index (χ3n) is 2.39. The lowest BCUT2D eigenvalue weighted by Crippen LogP contribution is -2.27. The molecular weight excluding hydrogens is 258 g/mol. The van der Waals surface area contributed by atoms with Gasteiger partial charge in [0.15, 0.2) is 0 Å². The second kappa shape index (κ2) is 6.91. The first-order chi connectivity index (χ1) is 9.30. The predicted octanol–water partition coefficient (Wildman–Crippen LogP) is 1.73. The van der Waals surface area contributed by atoms with E-state index in [9.17, 15) is 4.79 Å². The van der Waals surface area contributed by atoms with Crippen LogP contribution >= 0.6 is 0 Å². The molecule has 0 aliphatic carbocycles. The highest BCUT2D eigenvalue weighted by molar-refractivity contribution is 5.91. The monoisotopic (exact) mass is 279 g/mol. The van der Waals surface area contributed by atoms with Gasteiger partial charge >= 0.3 is 0 Å². The zero-order chi connectivity index (χ0) is 15.2. The highest BCUT2D eigenvalue weighted by Gasteiger charge is 2.12. The summed E-state index contributed by atoms with van der Waals surface area (Å²) in [5.41, 5.74) is 6.64. The minimum atomic E-state index is -0.345. The molecule has 0 saturated heterocycles. The van der Waals surface area contributed by atoms with E-state index in [0.29, 0.717) is 12.1 Å². The summed E-state index contributed by atoms with van der Waals surface area (Å²) >= 11 is 0. The lowest BCUT2D eigenvalue weighted by Gasteiger charge is -2.19. The van der Waals surface area contributed by atoms with Crippen molar-refractivity contribution in [2.24, 2.45) is 10.9 Å². The Bertz CT molecular complexity index is 475. The van der Waals surface area contributed by atoms with Crippen LogP contribution in [0, 0.1) is 0 Å². The van der Waals surface area contributed by atoms with Crippen LogP contribution < -0.4 is 11.1 Å². The normalized spacial score (nSPS) is 12.2. The zero-order valence-corrected chi connectivity index (χ0v) is 12.0. The number of amidine groups is 1. The van der Waals surface area contributed by atoms with Gasteiger partial charge in [0.1, 0.15) is 12.4 Å². The average molecular weight is 279 g/mol. The first kappa shape index (κ1) is 16.0. The number of nitrogens with zero attached hydrogens (tertiary/aromatic N) is 1. The van der Waals surface area contributed by atoms with E-state index >= 15 is 0 Å². The molecule has 0 radical (unpaired) electrons. The summed E-state index contributed by atoms with van der Waals surface area (Å²) in [6, 6.07) is 7.13. The molecule has 4 N–H and O–H groups in total. The molecule has 0 fully saturated rings. The summed E-state index contributed by atoms with van der Waals surface area (Å²) in [5, 5.41) is 14.1. The summed E-state index contributed by atoms with van der Waals surface area (Å²) in [5.74, 6) is -0.0653. The van der Waals surface area contributed by atoms with Gasteiger partial charge in [-0.1, -0.05) is 17.3 Å². The van der Waals surface area contributed by atoms with Crippen molar-refractivity contribution in [1.29, 1.82) is 0 Å². The Hall–Kier alpha value is -2.08. The molecule has 0 saturated carbocycles. The first-order valence-corrected chi connectivity index (χ1v) is 6.29. The largest absolute Gasteiger partial charge is 0.409 e. The highest BCUT2D eigenvalue weighted by atomic mass is 16.5. The van der Waals surface area contributed by atoms with Crippen LogP contribution in [0.3, 0.4) is 0 Å². The Morgan fingerprint density at radius 2 is 1.95 bits per heavy atom. The van der Waals surface area contributed by atoms with Gasteiger partial charge in [0.05, 0.1) is 5.60 Å². The second-order valence-electron chi connectivity index (χ2n) is 5.41. The molecule has 0 heterocycles. The van der Waals surface area contributed by atoms with Crippen LogP contribution in [-0.4, -0.2) is 29.2 Å². The molecule has 110 valence electrons. The standard InChI is InChI=1S/C14H21N3O3/c1-14(2,3)20-9-13(18)16-11-6-4-10(5-7-11)8-12(15)17-19/h4-7,19H,8-9H2,1-3H3,(H2,15,17)(H,16,18). The number of amides is 1. The van der Waals surface area contributed by atoms with Crippen LogP contribution in [0.15, 0.2) is 29.4 Å². The topological polar surface area (TPSA) is 96.9 Å². The first-order valence-electron chi connectivity index (χ1n) is 6.29. The van der Waals surface area contributed by atoms with Crippen molar-refractivity contribution in [3.63, 3.8) is 0 Å². The van der Waals surface area contributed by atoms with E-state index in [0.717, 1.165) is 5.56 Å². The van der Waals surface area contributed by atoms with Gasteiger partial charge in [-0.25, -0.2) is 0 Å². The van der Waals surface area contributed by atoms with E-state index in [1.54, 1.807) is 24.3 Å². The number of rotatable bonds is 5. The van der Waals surface area contributed by atoms with Crippen LogP contribution in [0.2, 0.25) is 0 Å². The summed E-state index contributed by atoms with van der Waals surface area (Å²) in [6.07, 6.45) is 0.359. The fourth-order valence-electron chi connectivity index (χ4n) is 1.43. The quantitative estimate of drug-likeness (QED) is 0.331. The van der Waals surface area contributed by atoms with E-state index in [-0.39, 0.29) is 24.0 Å². The number of carbonyl (C=O) groups is 1. The molecule has 0 bridgehead atoms. The number of hydrogen-bond donors (Lipinski definition) is 3. The van der Waals surface area contributed by atoms with Crippen molar-refractivity contribution in [3.8, 4) is 0 Å². The SMILES string of the molecule is CC(C)(C)OCC(=O)Nc1ccc(C/C(N)=N/O)cc1. The van der Waals surface area contributed by atoms with Gasteiger partial charge in [-0.3, -0.25) is 4.79 Å². The maximum absolute atomic E-state index is 11.7. The van der Waals surface area contributed by atoms with Crippen molar-refractivity contribution in [1.82, 2.24) is 0 Å². The van der Waals surface area contributed by atoms with Crippen LogP contribution in [0.25, 0.3) is 0 Å². The van der Waals surface area contributed by atoms with Gasteiger partial charge in [0.2, 0.25) is 5.91 Å². The molecule has 1 aromatic rings. The molecule has 1 amide bonds. The van der Waals surface area contributed by atoms with E-state index in [4.69, 9.17) is 15.7 Å². The van der Waals surface area contributed by atoms with E-state index in [2.05, 4.69) is 10.5 Å². The van der Waals surface area contributed by atoms with Gasteiger partial charge < -0.3 is 21.0 Å². The highest BCUT2D eigenvalue weighted by Crippen LogP contribution is 2.11. The Balaban J connectivity index is 2.51. The van der Waals surface area contributed by atoms with Gasteiger partial charge in [0.25, 0.3) is 0 Å². The number of benzene rings is 1. The summed E-state index contributed by atoms with van der Waals surface area (Å²) < 4.78 is 5.38. The van der Waals surface area contributed by atoms with E-state index < -0.39 is 0 Å². The van der Waals surface area contributed by atoms with Crippen molar-refractivity contribution in [3.05, 3.63) is 29.8 Å². The lowest BCUT2D eigenvalue weighted by atomic mass is 10.1. The van der Waals surface area contributed by atoms with Crippen molar-refractivity contribution in [2.75, 3.05) is 11.9 Å². The van der Waals surface area contributed by atoms with Gasteiger partial charge in [-0.05, 0) is 38.5 Å². The molecule has 0 aliphatic heterocycles. The summed E-state index contributed by atoms with van der Waals surface area (Å²) in [6.45, 7) is 5.68. The lowest BCUT2D eigenvalue weighted by molar-refractivity contribution is -0.125. The number of nitrogens with one attached hydrogen (secondary N) is 1. The Morgan fingerprint density at radius 1 is 1.35 bits per heavy atom. The maximum atomic E-state index is 11.7. The minimum absolute atomic E-state index is 0.00930. The number of anilines is 1. The van der Waals surface area contributed by atoms with Crippen molar-refractivity contribution < 1.29 is 14.7 Å². The van der Waals surface area contributed by atoms with Crippen molar-refractivity contribution in [2.45, 2.75) is 32.8 Å². The molecule has 0 spiro atoms. The third-order valence-corrected chi connectivity index (χ3v) is 2.39. The smallest absolute Gasteiger partial charge is 0.250 e. The molecule has 20 heavy (non-hydrogen) atoms. The van der Waals surface area contributed by atoms with E-state index in [1.165, 1.54) is 0 Å². The molecule has 6 heteroatoms. The molecule has 1 aromatic carbocycles. The van der Waals surface area contributed by atoms with Crippen LogP contribution in [-0.2, 0) is 16.0 Å². The minimum Gasteiger partial charge on any atom is -0.409 e. The Kier molecular flexibility index (Phi) is 5.52. The number of carbonyl (C=O) groups excluding carboxylic acids is 1. The van der Waals surface area contributed by atoms with Crippen molar-refractivity contribution >= 4 is 17.4 Å². The number of nitrogens with two attached hydrogens (primary N) is 1. The molecule has 1 rings (SSSR count). The van der Waals surface area contributed by atoms with Gasteiger partial charge in [-0.15, -0.1) is 0 Å². The van der Waals surface area contributed by atoms with E-state index in [1.807, 2.05) is 20.8 Å². The third kappa shape index (κ3) is 6.19. The Labute approximate surface area is 118 Å². The zero-order valence-electron chi connectivity index (χ0n) is 12.0. The van der Waals surface area contributed by atoms with Gasteiger partial charge in [-0.2, -0.15) is 0 Å². The van der Waals surface area contributed by atoms with Crippen LogP contribution in [0.5, 0.6) is 0 Å². The number of hydrogen-bond acceptors (Lipinski definition) is 4. The molecule has 0 aromatic heterocycles. The number of oxime groups is 1. The molecule has 0 aliphatic rings. The summed E-state index contributed by atoms with van der Waals surface area (Å²) in [4.78, 5) is 11.7. The van der Waals surface area contributed by atoms with Crippen LogP contribution in [0.4, 0.5) is 5.69 Å². The molecule has 6 nitrogen and oxygen atoms in total. The molecule has 0 unspecified atom stereocenters. The van der Waals surface area contributed by atoms with Crippen LogP contribution in [0.1, 0.15) is 26.3 Å². The summed E-state index contributed by atoms with van der Waals surface area (Å²) in [7, 11) is 0. The second-order valence-corrected chi connectivity index (χ2v) is 5.41. The average Bonchev–Trinajstić information content (AvgIpc) is 2.38. The maximum Gasteiger partial charge on any atom is 0.250 e. The van der Waals surface area contributed by atoms with Gasteiger partial charge in [0, 0.05) is 12.1 Å². The fraction of sp³-hybridized carbons (Fsp3) is 0.429. The Morgan fingerprint density at radius 3 is 2.45 bits per heavy atom. The molecule has 0 atom stereocenters. The fourth-order valence-corrected chi connectivity index (χ4v) is 1.43. The predicted molar refractivity (Wildman–Crippen MR) is 77.9 cm³/mol. The molecular formula is C14H21N3O3. The number of ether oxygens (including phenoxy) is 1.